The third-order valence-electron chi connectivity index (χ3n) is 4.04. The van der Waals surface area contributed by atoms with E-state index in [9.17, 15) is 9.59 Å². The molecule has 2 aliphatic heterocycles. The Bertz CT molecular complexity index is 566. The van der Waals surface area contributed by atoms with Crippen LogP contribution in [-0.2, 0) is 9.59 Å². The summed E-state index contributed by atoms with van der Waals surface area (Å²) in [5.41, 5.74) is 0.484. The summed E-state index contributed by atoms with van der Waals surface area (Å²) in [6.07, 6.45) is 6.47. The average Bonchev–Trinajstić information content (AvgIpc) is 3.04. The molecule has 0 unspecified atom stereocenters. The van der Waals surface area contributed by atoms with Gasteiger partial charge in [-0.3, -0.25) is 14.3 Å². The maximum absolute atomic E-state index is 12.5. The second kappa shape index (κ2) is 5.67. The molecule has 0 aliphatic carbocycles. The molecule has 1 fully saturated rings. The van der Waals surface area contributed by atoms with Gasteiger partial charge in [-0.1, -0.05) is 0 Å². The summed E-state index contributed by atoms with van der Waals surface area (Å²) in [5, 5.41) is 9.65. The maximum atomic E-state index is 12.5. The van der Waals surface area contributed by atoms with Crippen LogP contribution in [0, 0.1) is 0 Å². The zero-order valence-electron chi connectivity index (χ0n) is 12.1. The Morgan fingerprint density at radius 2 is 2.24 bits per heavy atom. The molecule has 0 spiro atoms. The van der Waals surface area contributed by atoms with E-state index in [1.807, 2.05) is 21.8 Å². The van der Waals surface area contributed by atoms with Gasteiger partial charge in [-0.2, -0.15) is 10.2 Å². The van der Waals surface area contributed by atoms with E-state index in [0.29, 0.717) is 25.1 Å². The molecule has 0 aromatic carbocycles. The molecule has 112 valence electrons. The standard InChI is InChI=1S/C14H19N5O2/c1-17-13(20)6-5-12(16-17)14(21)18-8-2-4-11(10-18)19-9-3-7-15-19/h3,7,9,11H,2,4-6,8,10H2,1H3/t11-/m0/s1. The molecule has 2 amide bonds. The molecule has 1 aromatic rings. The van der Waals surface area contributed by atoms with Crippen molar-refractivity contribution >= 4 is 17.5 Å². The highest BCUT2D eigenvalue weighted by Gasteiger charge is 2.30. The molecule has 21 heavy (non-hydrogen) atoms. The normalized spacial score (nSPS) is 23.2. The lowest BCUT2D eigenvalue weighted by atomic mass is 10.0. The van der Waals surface area contributed by atoms with Gasteiger partial charge in [-0.25, -0.2) is 5.01 Å². The van der Waals surface area contributed by atoms with Crippen molar-refractivity contribution in [1.29, 1.82) is 0 Å². The number of likely N-dealkylation sites (tertiary alicyclic amines) is 1. The van der Waals surface area contributed by atoms with Gasteiger partial charge in [0, 0.05) is 45.4 Å². The summed E-state index contributed by atoms with van der Waals surface area (Å²) >= 11 is 0. The molecule has 7 nitrogen and oxygen atoms in total. The number of aromatic nitrogens is 2. The molecule has 0 saturated carbocycles. The first kappa shape index (κ1) is 13.8. The van der Waals surface area contributed by atoms with Crippen LogP contribution >= 0.6 is 0 Å². The monoisotopic (exact) mass is 289 g/mol. The number of piperidine rings is 1. The van der Waals surface area contributed by atoms with Crippen LogP contribution < -0.4 is 0 Å². The van der Waals surface area contributed by atoms with E-state index in [2.05, 4.69) is 10.2 Å². The van der Waals surface area contributed by atoms with E-state index in [-0.39, 0.29) is 17.9 Å². The van der Waals surface area contributed by atoms with E-state index in [4.69, 9.17) is 0 Å². The largest absolute Gasteiger partial charge is 0.335 e. The number of rotatable bonds is 2. The Kier molecular flexibility index (Phi) is 3.72. The minimum absolute atomic E-state index is 0.0420. The first-order valence-electron chi connectivity index (χ1n) is 7.27. The second-order valence-electron chi connectivity index (χ2n) is 5.50. The smallest absolute Gasteiger partial charge is 0.270 e. The topological polar surface area (TPSA) is 70.8 Å². The van der Waals surface area contributed by atoms with E-state index < -0.39 is 0 Å². The van der Waals surface area contributed by atoms with E-state index >= 15 is 0 Å². The zero-order valence-corrected chi connectivity index (χ0v) is 12.1. The highest BCUT2D eigenvalue weighted by atomic mass is 16.2. The van der Waals surface area contributed by atoms with Crippen molar-refractivity contribution in [3.63, 3.8) is 0 Å². The summed E-state index contributed by atoms with van der Waals surface area (Å²) < 4.78 is 1.91. The van der Waals surface area contributed by atoms with Crippen LogP contribution in [0.2, 0.25) is 0 Å². The first-order chi connectivity index (χ1) is 10.1. The van der Waals surface area contributed by atoms with Crippen LogP contribution in [-0.4, -0.2) is 57.4 Å². The molecule has 1 atom stereocenters. The number of hydrogen-bond donors (Lipinski definition) is 0. The van der Waals surface area contributed by atoms with Crippen molar-refractivity contribution < 1.29 is 9.59 Å². The van der Waals surface area contributed by atoms with Crippen LogP contribution in [0.1, 0.15) is 31.7 Å². The lowest BCUT2D eigenvalue weighted by molar-refractivity contribution is -0.131. The Hall–Kier alpha value is -2.18. The number of hydrazone groups is 1. The molecule has 3 heterocycles. The van der Waals surface area contributed by atoms with Gasteiger partial charge in [-0.05, 0) is 18.9 Å². The van der Waals surface area contributed by atoms with Crippen molar-refractivity contribution in [2.45, 2.75) is 31.7 Å². The Morgan fingerprint density at radius 3 is 2.95 bits per heavy atom. The Morgan fingerprint density at radius 1 is 1.38 bits per heavy atom. The van der Waals surface area contributed by atoms with Crippen LogP contribution in [0.4, 0.5) is 0 Å². The minimum Gasteiger partial charge on any atom is -0.335 e. The van der Waals surface area contributed by atoms with Gasteiger partial charge in [0.2, 0.25) is 5.91 Å². The second-order valence-corrected chi connectivity index (χ2v) is 5.50. The van der Waals surface area contributed by atoms with E-state index in [1.165, 1.54) is 5.01 Å². The molecule has 7 heteroatoms. The van der Waals surface area contributed by atoms with Gasteiger partial charge in [0.25, 0.3) is 5.91 Å². The van der Waals surface area contributed by atoms with Crippen molar-refractivity contribution in [1.82, 2.24) is 19.7 Å². The molecule has 3 rings (SSSR count). The van der Waals surface area contributed by atoms with Crippen molar-refractivity contribution in [2.24, 2.45) is 5.10 Å². The van der Waals surface area contributed by atoms with Gasteiger partial charge < -0.3 is 4.90 Å². The van der Waals surface area contributed by atoms with Crippen LogP contribution in [0.5, 0.6) is 0 Å². The average molecular weight is 289 g/mol. The van der Waals surface area contributed by atoms with E-state index in [1.54, 1.807) is 13.2 Å². The van der Waals surface area contributed by atoms with Crippen molar-refractivity contribution in [2.75, 3.05) is 20.1 Å². The van der Waals surface area contributed by atoms with Crippen molar-refractivity contribution in [3.05, 3.63) is 18.5 Å². The summed E-state index contributed by atoms with van der Waals surface area (Å²) in [6.45, 7) is 1.39. The van der Waals surface area contributed by atoms with Gasteiger partial charge in [-0.15, -0.1) is 0 Å². The minimum atomic E-state index is -0.0498. The fourth-order valence-corrected chi connectivity index (χ4v) is 2.86. The number of hydrogen-bond acceptors (Lipinski definition) is 4. The third-order valence-corrected chi connectivity index (χ3v) is 4.04. The highest BCUT2D eigenvalue weighted by molar-refractivity contribution is 6.39. The number of nitrogens with zero attached hydrogens (tertiary/aromatic N) is 5. The van der Waals surface area contributed by atoms with Gasteiger partial charge >= 0.3 is 0 Å². The summed E-state index contributed by atoms with van der Waals surface area (Å²) in [5.74, 6) is -0.0918. The van der Waals surface area contributed by atoms with Crippen LogP contribution in [0.3, 0.4) is 0 Å². The fourth-order valence-electron chi connectivity index (χ4n) is 2.86. The van der Waals surface area contributed by atoms with Crippen molar-refractivity contribution in [3.8, 4) is 0 Å². The molecular formula is C14H19N5O2. The van der Waals surface area contributed by atoms with Gasteiger partial charge in [0.15, 0.2) is 0 Å². The molecule has 0 bridgehead atoms. The fraction of sp³-hybridized carbons (Fsp3) is 0.571. The molecule has 0 N–H and O–H groups in total. The predicted molar refractivity (Wildman–Crippen MR) is 76.5 cm³/mol. The summed E-state index contributed by atoms with van der Waals surface area (Å²) in [4.78, 5) is 25.8. The van der Waals surface area contributed by atoms with Crippen LogP contribution in [0.25, 0.3) is 0 Å². The molecule has 0 radical (unpaired) electrons. The molecule has 1 aromatic heterocycles. The maximum Gasteiger partial charge on any atom is 0.270 e. The summed E-state index contributed by atoms with van der Waals surface area (Å²) in [7, 11) is 1.59. The molecule has 1 saturated heterocycles. The van der Waals surface area contributed by atoms with Gasteiger partial charge in [0.1, 0.15) is 5.71 Å². The number of carbonyl (C=O) groups excluding carboxylic acids is 2. The van der Waals surface area contributed by atoms with E-state index in [0.717, 1.165) is 19.4 Å². The number of carbonyl (C=O) groups is 2. The highest BCUT2D eigenvalue weighted by Crippen LogP contribution is 2.21. The quantitative estimate of drug-likeness (QED) is 0.803. The number of amides is 2. The molecule has 2 aliphatic rings. The predicted octanol–water partition coefficient (Wildman–Crippen LogP) is 0.655. The lowest BCUT2D eigenvalue weighted by Gasteiger charge is -2.33. The zero-order chi connectivity index (χ0) is 14.8. The SMILES string of the molecule is CN1N=C(C(=O)N2CCC[C@H](n3cccn3)C2)CCC1=O. The Labute approximate surface area is 123 Å². The third kappa shape index (κ3) is 2.81. The summed E-state index contributed by atoms with van der Waals surface area (Å²) in [6, 6.07) is 2.12. The first-order valence-corrected chi connectivity index (χ1v) is 7.27. The van der Waals surface area contributed by atoms with Crippen LogP contribution in [0.15, 0.2) is 23.6 Å². The lowest BCUT2D eigenvalue weighted by Crippen LogP contribution is -2.45. The molecular weight excluding hydrogens is 270 g/mol. The Balaban J connectivity index is 1.70. The van der Waals surface area contributed by atoms with Gasteiger partial charge in [0.05, 0.1) is 6.04 Å².